The van der Waals surface area contributed by atoms with Crippen molar-refractivity contribution in [3.05, 3.63) is 29.8 Å². The van der Waals surface area contributed by atoms with Gasteiger partial charge in [0, 0.05) is 18.6 Å². The summed E-state index contributed by atoms with van der Waals surface area (Å²) in [6.45, 7) is 3.77. The normalized spacial score (nSPS) is 25.5. The van der Waals surface area contributed by atoms with Crippen molar-refractivity contribution < 1.29 is 9.53 Å². The number of likely N-dealkylation sites (tertiary alicyclic amines) is 2. The smallest absolute Gasteiger partial charge is 0.263 e. The van der Waals surface area contributed by atoms with E-state index < -0.39 is 6.10 Å². The van der Waals surface area contributed by atoms with Crippen molar-refractivity contribution in [3.8, 4) is 11.8 Å². The molecule has 24 heavy (non-hydrogen) atoms. The van der Waals surface area contributed by atoms with Crippen LogP contribution in [0.25, 0.3) is 0 Å². The van der Waals surface area contributed by atoms with E-state index in [1.54, 1.807) is 24.3 Å². The number of nitrogens with zero attached hydrogens (tertiary/aromatic N) is 3. The first-order chi connectivity index (χ1) is 11.6. The zero-order valence-corrected chi connectivity index (χ0v) is 14.4. The quantitative estimate of drug-likeness (QED) is 0.852. The van der Waals surface area contributed by atoms with Gasteiger partial charge in [0.2, 0.25) is 0 Å². The Labute approximate surface area is 143 Å². The third kappa shape index (κ3) is 3.39. The third-order valence-corrected chi connectivity index (χ3v) is 5.25. The highest BCUT2D eigenvalue weighted by atomic mass is 16.5. The van der Waals surface area contributed by atoms with Gasteiger partial charge in [0.15, 0.2) is 6.10 Å². The van der Waals surface area contributed by atoms with Gasteiger partial charge in [-0.1, -0.05) is 0 Å². The molecule has 2 aliphatic heterocycles. The molecule has 1 aromatic carbocycles. The zero-order valence-electron chi connectivity index (χ0n) is 14.4. The van der Waals surface area contributed by atoms with Crippen molar-refractivity contribution in [1.29, 1.82) is 5.26 Å². The monoisotopic (exact) mass is 327 g/mol. The van der Waals surface area contributed by atoms with Gasteiger partial charge in [0.1, 0.15) is 5.75 Å². The number of amides is 1. The number of carbonyl (C=O) groups excluding carboxylic acids is 1. The number of carbonyl (C=O) groups is 1. The van der Waals surface area contributed by atoms with Crippen LogP contribution in [0.1, 0.15) is 38.2 Å². The topological polar surface area (TPSA) is 56.6 Å². The molecule has 2 fully saturated rings. The summed E-state index contributed by atoms with van der Waals surface area (Å²) in [5, 5.41) is 8.84. The minimum Gasteiger partial charge on any atom is -0.481 e. The first kappa shape index (κ1) is 16.8. The van der Waals surface area contributed by atoms with Crippen LogP contribution in [0.3, 0.4) is 0 Å². The molecule has 0 saturated carbocycles. The fraction of sp³-hybridized carbons (Fsp3) is 0.579. The lowest BCUT2D eigenvalue weighted by atomic mass is 10.0. The van der Waals surface area contributed by atoms with Gasteiger partial charge in [-0.15, -0.1) is 0 Å². The molecule has 2 saturated heterocycles. The van der Waals surface area contributed by atoms with Crippen LogP contribution >= 0.6 is 0 Å². The largest absolute Gasteiger partial charge is 0.481 e. The van der Waals surface area contributed by atoms with Gasteiger partial charge in [-0.25, -0.2) is 0 Å². The Balaban J connectivity index is 1.64. The highest BCUT2D eigenvalue weighted by molar-refractivity contribution is 5.81. The standard InChI is InChI=1S/C19H25N3O2/c1-14(24-16-9-7-15(13-20)8-10-16)19(23)22-12-4-6-18(22)17-5-3-11-21(17)2/h7-10,14,17-18H,3-6,11-12H2,1-2H3/t14-,17-,18-/m0/s1. The molecule has 0 radical (unpaired) electrons. The molecule has 1 amide bonds. The maximum absolute atomic E-state index is 12.9. The van der Waals surface area contributed by atoms with Crippen LogP contribution < -0.4 is 4.74 Å². The molecule has 0 spiro atoms. The van der Waals surface area contributed by atoms with Crippen molar-refractivity contribution in [2.75, 3.05) is 20.1 Å². The molecule has 2 heterocycles. The lowest BCUT2D eigenvalue weighted by molar-refractivity contribution is -0.139. The summed E-state index contributed by atoms with van der Waals surface area (Å²) >= 11 is 0. The van der Waals surface area contributed by atoms with Crippen LogP contribution in [0.15, 0.2) is 24.3 Å². The lowest BCUT2D eigenvalue weighted by Gasteiger charge is -2.34. The van der Waals surface area contributed by atoms with E-state index in [0.717, 1.165) is 25.9 Å². The number of hydrogen-bond acceptors (Lipinski definition) is 4. The molecule has 5 heteroatoms. The first-order valence-corrected chi connectivity index (χ1v) is 8.77. The summed E-state index contributed by atoms with van der Waals surface area (Å²) in [4.78, 5) is 17.3. The van der Waals surface area contributed by atoms with Crippen molar-refractivity contribution in [2.24, 2.45) is 0 Å². The molecule has 0 aliphatic carbocycles. The number of hydrogen-bond donors (Lipinski definition) is 0. The molecule has 3 rings (SSSR count). The average molecular weight is 327 g/mol. The minimum absolute atomic E-state index is 0.0714. The molecule has 0 aromatic heterocycles. The van der Waals surface area contributed by atoms with Crippen molar-refractivity contribution in [2.45, 2.75) is 50.8 Å². The van der Waals surface area contributed by atoms with E-state index in [0.29, 0.717) is 23.4 Å². The van der Waals surface area contributed by atoms with E-state index >= 15 is 0 Å². The van der Waals surface area contributed by atoms with Gasteiger partial charge in [0.25, 0.3) is 5.91 Å². The van der Waals surface area contributed by atoms with Crippen molar-refractivity contribution >= 4 is 5.91 Å². The highest BCUT2D eigenvalue weighted by Gasteiger charge is 2.39. The van der Waals surface area contributed by atoms with Gasteiger partial charge < -0.3 is 14.5 Å². The molecule has 1 aromatic rings. The molecule has 2 aliphatic rings. The molecular formula is C19H25N3O2. The molecule has 128 valence electrons. The van der Waals surface area contributed by atoms with Crippen molar-refractivity contribution in [1.82, 2.24) is 9.80 Å². The zero-order chi connectivity index (χ0) is 17.1. The van der Waals surface area contributed by atoms with E-state index in [9.17, 15) is 4.79 Å². The maximum atomic E-state index is 12.9. The van der Waals surface area contributed by atoms with Gasteiger partial charge in [-0.3, -0.25) is 4.79 Å². The van der Waals surface area contributed by atoms with Crippen LogP contribution in [0.5, 0.6) is 5.75 Å². The van der Waals surface area contributed by atoms with Gasteiger partial charge in [-0.05, 0) is 70.5 Å². The van der Waals surface area contributed by atoms with Crippen LogP contribution in [0, 0.1) is 11.3 Å². The van der Waals surface area contributed by atoms with Crippen LogP contribution in [0.4, 0.5) is 0 Å². The summed E-state index contributed by atoms with van der Waals surface area (Å²) < 4.78 is 5.81. The Morgan fingerprint density at radius 3 is 2.50 bits per heavy atom. The maximum Gasteiger partial charge on any atom is 0.263 e. The molecule has 0 unspecified atom stereocenters. The molecule has 5 nitrogen and oxygen atoms in total. The van der Waals surface area contributed by atoms with Crippen LogP contribution in [0.2, 0.25) is 0 Å². The molecule has 0 N–H and O–H groups in total. The van der Waals surface area contributed by atoms with E-state index in [4.69, 9.17) is 10.00 Å². The Morgan fingerprint density at radius 1 is 1.21 bits per heavy atom. The van der Waals surface area contributed by atoms with E-state index in [2.05, 4.69) is 18.0 Å². The number of benzene rings is 1. The number of ether oxygens (including phenoxy) is 1. The van der Waals surface area contributed by atoms with Crippen LogP contribution in [-0.4, -0.2) is 54.0 Å². The predicted molar refractivity (Wildman–Crippen MR) is 91.6 cm³/mol. The van der Waals surface area contributed by atoms with Gasteiger partial charge in [0.05, 0.1) is 11.6 Å². The minimum atomic E-state index is -0.509. The highest BCUT2D eigenvalue weighted by Crippen LogP contribution is 2.29. The summed E-state index contributed by atoms with van der Waals surface area (Å²) in [6, 6.07) is 9.79. The third-order valence-electron chi connectivity index (χ3n) is 5.25. The SMILES string of the molecule is C[C@H](Oc1ccc(C#N)cc1)C(=O)N1CCC[C@H]1[C@@H]1CCCN1C. The number of likely N-dealkylation sites (N-methyl/N-ethyl adjacent to an activating group) is 1. The molecule has 3 atom stereocenters. The second kappa shape index (κ2) is 7.23. The Kier molecular flexibility index (Phi) is 5.06. The van der Waals surface area contributed by atoms with Crippen LogP contribution in [-0.2, 0) is 4.79 Å². The molecule has 0 bridgehead atoms. The van der Waals surface area contributed by atoms with E-state index in [1.165, 1.54) is 12.8 Å². The Morgan fingerprint density at radius 2 is 1.88 bits per heavy atom. The van der Waals surface area contributed by atoms with Gasteiger partial charge in [-0.2, -0.15) is 5.26 Å². The summed E-state index contributed by atoms with van der Waals surface area (Å²) in [6.07, 6.45) is 4.05. The van der Waals surface area contributed by atoms with E-state index in [-0.39, 0.29) is 5.91 Å². The Bertz CT molecular complexity index is 622. The second-order valence-corrected chi connectivity index (χ2v) is 6.83. The summed E-state index contributed by atoms with van der Waals surface area (Å²) in [5.74, 6) is 0.700. The molecular weight excluding hydrogens is 302 g/mol. The fourth-order valence-electron chi connectivity index (χ4n) is 3.98. The lowest BCUT2D eigenvalue weighted by Crippen LogP contribution is -2.50. The van der Waals surface area contributed by atoms with Crippen molar-refractivity contribution in [3.63, 3.8) is 0 Å². The first-order valence-electron chi connectivity index (χ1n) is 8.77. The number of nitriles is 1. The second-order valence-electron chi connectivity index (χ2n) is 6.83. The summed E-state index contributed by atoms with van der Waals surface area (Å²) in [5.41, 5.74) is 0.588. The number of rotatable bonds is 4. The average Bonchev–Trinajstić information content (AvgIpc) is 3.23. The summed E-state index contributed by atoms with van der Waals surface area (Å²) in [7, 11) is 2.16. The van der Waals surface area contributed by atoms with E-state index in [1.807, 2.05) is 11.8 Å². The Hall–Kier alpha value is -2.06. The fourth-order valence-corrected chi connectivity index (χ4v) is 3.98. The predicted octanol–water partition coefficient (Wildman–Crippen LogP) is 2.41. The van der Waals surface area contributed by atoms with Gasteiger partial charge >= 0.3 is 0 Å².